The maximum Gasteiger partial charge on any atom is 0.343 e. The van der Waals surface area contributed by atoms with E-state index in [1.807, 2.05) is 44.2 Å². The third-order valence-electron chi connectivity index (χ3n) is 6.18. The minimum Gasteiger partial charge on any atom is -0.494 e. The topological polar surface area (TPSA) is 105 Å². The summed E-state index contributed by atoms with van der Waals surface area (Å²) in [5, 5.41) is 4.04. The molecule has 4 rings (SSSR count). The smallest absolute Gasteiger partial charge is 0.343 e. The third kappa shape index (κ3) is 9.62. The summed E-state index contributed by atoms with van der Waals surface area (Å²) in [5.74, 6) is 1.60. The van der Waals surface area contributed by atoms with Crippen LogP contribution in [0.15, 0.2) is 102 Å². The van der Waals surface area contributed by atoms with Crippen LogP contribution in [0, 0.1) is 0 Å². The molecule has 44 heavy (non-hydrogen) atoms. The van der Waals surface area contributed by atoms with E-state index >= 15 is 0 Å². The maximum absolute atomic E-state index is 12.7. The second-order valence-electron chi connectivity index (χ2n) is 9.64. The number of amides is 1. The first kappa shape index (κ1) is 31.6. The molecule has 0 saturated carbocycles. The van der Waals surface area contributed by atoms with Crippen molar-refractivity contribution in [2.45, 2.75) is 39.9 Å². The Morgan fingerprint density at radius 1 is 0.795 bits per heavy atom. The molecule has 4 aromatic carbocycles. The highest BCUT2D eigenvalue weighted by atomic mass is 16.6. The quantitative estimate of drug-likeness (QED) is 0.0715. The number of carbonyl (C=O) groups excluding carboxylic acids is 2. The minimum absolute atomic E-state index is 0.267. The molecule has 0 aliphatic heterocycles. The predicted octanol–water partition coefficient (Wildman–Crippen LogP) is 6.59. The number of nitrogens with one attached hydrogen (secondary N) is 1. The van der Waals surface area contributed by atoms with Crippen molar-refractivity contribution in [3.05, 3.63) is 114 Å². The van der Waals surface area contributed by atoms with Crippen LogP contribution in [0.1, 0.15) is 48.7 Å². The maximum atomic E-state index is 12.7. The molecule has 0 heterocycles. The largest absolute Gasteiger partial charge is 0.494 e. The predicted molar refractivity (Wildman–Crippen MR) is 168 cm³/mol. The van der Waals surface area contributed by atoms with Crippen molar-refractivity contribution in [3.63, 3.8) is 0 Å². The second-order valence-corrected chi connectivity index (χ2v) is 9.64. The molecule has 1 atom stereocenters. The summed E-state index contributed by atoms with van der Waals surface area (Å²) in [5.41, 5.74) is 4.57. The lowest BCUT2D eigenvalue weighted by Gasteiger charge is -2.14. The van der Waals surface area contributed by atoms with Gasteiger partial charge in [-0.2, -0.15) is 5.10 Å². The summed E-state index contributed by atoms with van der Waals surface area (Å²) in [6, 6.07) is 28.7. The van der Waals surface area contributed by atoms with Gasteiger partial charge < -0.3 is 23.7 Å². The number of ether oxygens (including phenoxy) is 5. The van der Waals surface area contributed by atoms with Gasteiger partial charge in [0.1, 0.15) is 23.9 Å². The van der Waals surface area contributed by atoms with Gasteiger partial charge in [-0.05, 0) is 98.1 Å². The number of hydrogen-bond donors (Lipinski definition) is 1. The lowest BCUT2D eigenvalue weighted by molar-refractivity contribution is -0.127. The number of nitrogens with zero attached hydrogens (tertiary/aromatic N) is 1. The van der Waals surface area contributed by atoms with Crippen molar-refractivity contribution in [3.8, 4) is 28.7 Å². The summed E-state index contributed by atoms with van der Waals surface area (Å²) in [6.07, 6.45) is 1.57. The van der Waals surface area contributed by atoms with Crippen molar-refractivity contribution in [1.29, 1.82) is 0 Å². The van der Waals surface area contributed by atoms with Gasteiger partial charge in [-0.3, -0.25) is 4.79 Å². The number of hydrogen-bond acceptors (Lipinski definition) is 8. The van der Waals surface area contributed by atoms with E-state index in [4.69, 9.17) is 23.7 Å². The summed E-state index contributed by atoms with van der Waals surface area (Å²) in [6.45, 7) is 6.91. The Morgan fingerprint density at radius 2 is 1.48 bits per heavy atom. The van der Waals surface area contributed by atoms with Gasteiger partial charge in [0.25, 0.3) is 5.91 Å². The Labute approximate surface area is 257 Å². The lowest BCUT2D eigenvalue weighted by atomic mass is 10.2. The van der Waals surface area contributed by atoms with Crippen LogP contribution in [0.2, 0.25) is 0 Å². The number of rotatable bonds is 15. The first-order valence-corrected chi connectivity index (χ1v) is 14.4. The molecule has 0 fully saturated rings. The minimum atomic E-state index is -0.795. The molecular formula is C35H36N2O7. The van der Waals surface area contributed by atoms with Crippen molar-refractivity contribution in [2.75, 3.05) is 13.2 Å². The fourth-order valence-electron chi connectivity index (χ4n) is 3.90. The molecule has 0 spiro atoms. The zero-order valence-electron chi connectivity index (χ0n) is 25.0. The van der Waals surface area contributed by atoms with E-state index in [0.29, 0.717) is 53.9 Å². The SMILES string of the molecule is CCCOc1ccc(C(=O)Oc2ccc(C=NNC(=O)C(C)Oc3ccc(OCc4ccccc4)cc3)cc2OCC)cc1. The van der Waals surface area contributed by atoms with Crippen LogP contribution < -0.4 is 29.1 Å². The van der Waals surface area contributed by atoms with Crippen LogP contribution in [-0.4, -0.2) is 37.4 Å². The molecule has 0 saturated heterocycles. The third-order valence-corrected chi connectivity index (χ3v) is 6.18. The number of benzene rings is 4. The summed E-state index contributed by atoms with van der Waals surface area (Å²) in [7, 11) is 0. The Bertz CT molecular complexity index is 1520. The van der Waals surface area contributed by atoms with E-state index in [1.165, 1.54) is 6.21 Å². The normalized spacial score (nSPS) is 11.4. The van der Waals surface area contributed by atoms with Crippen LogP contribution in [0.5, 0.6) is 28.7 Å². The van der Waals surface area contributed by atoms with Gasteiger partial charge in [-0.15, -0.1) is 0 Å². The van der Waals surface area contributed by atoms with E-state index in [0.717, 1.165) is 12.0 Å². The van der Waals surface area contributed by atoms with E-state index < -0.39 is 18.0 Å². The first-order valence-electron chi connectivity index (χ1n) is 14.4. The van der Waals surface area contributed by atoms with Crippen molar-refractivity contribution < 1.29 is 33.3 Å². The molecule has 228 valence electrons. The highest BCUT2D eigenvalue weighted by molar-refractivity contribution is 5.92. The van der Waals surface area contributed by atoms with Crippen LogP contribution in [0.4, 0.5) is 0 Å². The van der Waals surface area contributed by atoms with Gasteiger partial charge in [-0.25, -0.2) is 10.2 Å². The molecule has 0 aromatic heterocycles. The van der Waals surface area contributed by atoms with Crippen LogP contribution >= 0.6 is 0 Å². The molecule has 9 nitrogen and oxygen atoms in total. The highest BCUT2D eigenvalue weighted by Gasteiger charge is 2.15. The summed E-state index contributed by atoms with van der Waals surface area (Å²) >= 11 is 0. The van der Waals surface area contributed by atoms with Crippen LogP contribution in [-0.2, 0) is 11.4 Å². The Morgan fingerprint density at radius 3 is 2.18 bits per heavy atom. The molecule has 4 aromatic rings. The van der Waals surface area contributed by atoms with E-state index in [-0.39, 0.29) is 5.75 Å². The van der Waals surface area contributed by atoms with Crippen molar-refractivity contribution in [2.24, 2.45) is 5.10 Å². The average molecular weight is 597 g/mol. The van der Waals surface area contributed by atoms with Gasteiger partial charge in [0.2, 0.25) is 0 Å². The average Bonchev–Trinajstić information content (AvgIpc) is 3.05. The Balaban J connectivity index is 1.28. The standard InChI is InChI=1S/C35H36N2O7/c1-4-21-41-29-14-12-28(13-15-29)35(39)44-32-20-11-27(22-33(32)40-5-2)23-36-37-34(38)25(3)43-31-18-16-30(17-19-31)42-24-26-9-7-6-8-10-26/h6-20,22-23,25H,4-5,21,24H2,1-3H3,(H,37,38). The number of hydrazone groups is 1. The zero-order valence-corrected chi connectivity index (χ0v) is 25.0. The van der Waals surface area contributed by atoms with Gasteiger partial charge in [0.15, 0.2) is 17.6 Å². The van der Waals surface area contributed by atoms with E-state index in [1.54, 1.807) is 73.7 Å². The Kier molecular flexibility index (Phi) is 11.8. The molecule has 9 heteroatoms. The van der Waals surface area contributed by atoms with Gasteiger partial charge in [-0.1, -0.05) is 37.3 Å². The molecule has 1 unspecified atom stereocenters. The molecule has 1 amide bonds. The van der Waals surface area contributed by atoms with E-state index in [9.17, 15) is 9.59 Å². The number of esters is 1. The molecule has 0 aliphatic rings. The van der Waals surface area contributed by atoms with Crippen molar-refractivity contribution >= 4 is 18.1 Å². The van der Waals surface area contributed by atoms with Crippen LogP contribution in [0.3, 0.4) is 0 Å². The van der Waals surface area contributed by atoms with Crippen LogP contribution in [0.25, 0.3) is 0 Å². The first-order chi connectivity index (χ1) is 21.4. The van der Waals surface area contributed by atoms with Gasteiger partial charge in [0, 0.05) is 0 Å². The van der Waals surface area contributed by atoms with E-state index in [2.05, 4.69) is 10.5 Å². The summed E-state index contributed by atoms with van der Waals surface area (Å²) in [4.78, 5) is 25.3. The molecule has 1 N–H and O–H groups in total. The molecule has 0 aliphatic carbocycles. The molecule has 0 bridgehead atoms. The van der Waals surface area contributed by atoms with Gasteiger partial charge in [0.05, 0.1) is 25.0 Å². The van der Waals surface area contributed by atoms with Crippen molar-refractivity contribution in [1.82, 2.24) is 5.43 Å². The lowest BCUT2D eigenvalue weighted by Crippen LogP contribution is -2.33. The fourth-order valence-corrected chi connectivity index (χ4v) is 3.90. The monoisotopic (exact) mass is 596 g/mol. The second kappa shape index (κ2) is 16.4. The Hall–Kier alpha value is -5.31. The fraction of sp³-hybridized carbons (Fsp3) is 0.229. The van der Waals surface area contributed by atoms with Gasteiger partial charge >= 0.3 is 5.97 Å². The molecular weight excluding hydrogens is 560 g/mol. The number of carbonyl (C=O) groups is 2. The highest BCUT2D eigenvalue weighted by Crippen LogP contribution is 2.29. The summed E-state index contributed by atoms with van der Waals surface area (Å²) < 4.78 is 28.4. The zero-order chi connectivity index (χ0) is 31.1. The molecule has 0 radical (unpaired) electrons.